The molecule has 0 aromatic heterocycles. The van der Waals surface area contributed by atoms with Crippen molar-refractivity contribution in [3.63, 3.8) is 0 Å². The van der Waals surface area contributed by atoms with Crippen LogP contribution in [0.3, 0.4) is 0 Å². The molecule has 1 fully saturated rings. The van der Waals surface area contributed by atoms with E-state index in [-0.39, 0.29) is 0 Å². The lowest BCUT2D eigenvalue weighted by Crippen LogP contribution is -2.49. The lowest BCUT2D eigenvalue weighted by molar-refractivity contribution is -0.0689. The van der Waals surface area contributed by atoms with E-state index in [4.69, 9.17) is 0 Å². The molecule has 0 amide bonds. The van der Waals surface area contributed by atoms with Crippen molar-refractivity contribution >= 4 is 0 Å². The van der Waals surface area contributed by atoms with Crippen LogP contribution in [-0.4, -0.2) is 48.8 Å². The van der Waals surface area contributed by atoms with Gasteiger partial charge in [-0.15, -0.1) is 0 Å². The minimum Gasteiger partial charge on any atom is -0.301 e. The van der Waals surface area contributed by atoms with Gasteiger partial charge in [-0.3, -0.25) is 4.90 Å². The largest absolute Gasteiger partial charge is 0.301 e. The van der Waals surface area contributed by atoms with Crippen LogP contribution in [0.4, 0.5) is 0 Å². The van der Waals surface area contributed by atoms with Crippen molar-refractivity contribution in [1.82, 2.24) is 9.80 Å². The Morgan fingerprint density at radius 3 is 2.17 bits per heavy atom. The summed E-state index contributed by atoms with van der Waals surface area (Å²) in [5.74, 6) is 0. The van der Waals surface area contributed by atoms with Crippen LogP contribution in [0.5, 0.6) is 0 Å². The van der Waals surface area contributed by atoms with Crippen molar-refractivity contribution in [2.75, 3.05) is 32.7 Å². The highest BCUT2D eigenvalue weighted by atomic mass is 16.3. The van der Waals surface area contributed by atoms with Crippen LogP contribution in [-0.2, 0) is 5.11 Å². The van der Waals surface area contributed by atoms with E-state index in [1.807, 2.05) is 11.8 Å². The molecule has 0 aromatic rings. The molecule has 1 aliphatic rings. The van der Waals surface area contributed by atoms with Crippen molar-refractivity contribution < 1.29 is 5.11 Å². The molecule has 3 heteroatoms. The summed E-state index contributed by atoms with van der Waals surface area (Å²) in [7, 11) is 0. The molecule has 0 bridgehead atoms. The van der Waals surface area contributed by atoms with Crippen LogP contribution >= 0.6 is 0 Å². The molecular weight excluding hydrogens is 152 g/mol. The van der Waals surface area contributed by atoms with Crippen LogP contribution < -0.4 is 0 Å². The van der Waals surface area contributed by atoms with Gasteiger partial charge in [0.25, 0.3) is 0 Å². The first-order chi connectivity index (χ1) is 5.77. The summed E-state index contributed by atoms with van der Waals surface area (Å²) < 4.78 is 0. The van der Waals surface area contributed by atoms with Crippen LogP contribution in [0, 0.1) is 0 Å². The molecule has 71 valence electrons. The number of hydrogen-bond acceptors (Lipinski definition) is 2. The van der Waals surface area contributed by atoms with Crippen molar-refractivity contribution in [3.8, 4) is 0 Å². The third-order valence-electron chi connectivity index (χ3n) is 2.61. The molecule has 0 spiro atoms. The van der Waals surface area contributed by atoms with Gasteiger partial charge in [-0.2, -0.15) is 0 Å². The van der Waals surface area contributed by atoms with Gasteiger partial charge in [0, 0.05) is 26.2 Å². The monoisotopic (exact) mass is 171 g/mol. The van der Waals surface area contributed by atoms with Gasteiger partial charge in [0.2, 0.25) is 0 Å². The summed E-state index contributed by atoms with van der Waals surface area (Å²) in [5.41, 5.74) is 0. The molecule has 3 nitrogen and oxygen atoms in total. The quantitative estimate of drug-likeness (QED) is 0.627. The zero-order valence-corrected chi connectivity index (χ0v) is 8.12. The molecule has 12 heavy (non-hydrogen) atoms. The summed E-state index contributed by atoms with van der Waals surface area (Å²) >= 11 is 0. The fraction of sp³-hybridized carbons (Fsp3) is 1.00. The highest BCUT2D eigenvalue weighted by molar-refractivity contribution is 4.71. The van der Waals surface area contributed by atoms with E-state index in [1.54, 1.807) is 0 Å². The van der Waals surface area contributed by atoms with Crippen LogP contribution in [0.2, 0.25) is 0 Å². The summed E-state index contributed by atoms with van der Waals surface area (Å²) in [6.07, 6.45) is 0.260. The number of nitrogens with zero attached hydrogens (tertiary/aromatic N) is 2. The molecule has 0 N–H and O–H groups in total. The lowest BCUT2D eigenvalue weighted by Gasteiger charge is -2.35. The van der Waals surface area contributed by atoms with Gasteiger partial charge in [-0.1, -0.05) is 13.8 Å². The summed E-state index contributed by atoms with van der Waals surface area (Å²) in [5, 5.41) is 11.4. The van der Waals surface area contributed by atoms with Gasteiger partial charge in [0.15, 0.2) is 0 Å². The van der Waals surface area contributed by atoms with Crippen LogP contribution in [0.1, 0.15) is 20.3 Å². The van der Waals surface area contributed by atoms with E-state index in [9.17, 15) is 5.11 Å². The van der Waals surface area contributed by atoms with E-state index >= 15 is 0 Å². The Morgan fingerprint density at radius 2 is 1.75 bits per heavy atom. The molecule has 0 saturated carbocycles. The van der Waals surface area contributed by atoms with Gasteiger partial charge in [-0.25, -0.2) is 5.11 Å². The molecule has 1 unspecified atom stereocenters. The molecule has 1 rings (SSSR count). The van der Waals surface area contributed by atoms with Crippen molar-refractivity contribution in [1.29, 1.82) is 0 Å². The third kappa shape index (κ3) is 2.44. The maximum absolute atomic E-state index is 11.4. The first-order valence-corrected chi connectivity index (χ1v) is 4.90. The lowest BCUT2D eigenvalue weighted by atomic mass is 10.3. The van der Waals surface area contributed by atoms with Gasteiger partial charge in [0.1, 0.15) is 6.23 Å². The number of piperazine rings is 1. The van der Waals surface area contributed by atoms with E-state index in [0.29, 0.717) is 0 Å². The molecule has 1 radical (unpaired) electrons. The normalized spacial score (nSPS) is 24.2. The first kappa shape index (κ1) is 9.96. The predicted octanol–water partition coefficient (Wildman–Crippen LogP) is 0.790. The molecule has 1 saturated heterocycles. The fourth-order valence-electron chi connectivity index (χ4n) is 1.63. The van der Waals surface area contributed by atoms with E-state index in [0.717, 1.165) is 39.1 Å². The van der Waals surface area contributed by atoms with Gasteiger partial charge < -0.3 is 4.90 Å². The smallest absolute Gasteiger partial charge is 0.146 e. The number of likely N-dealkylation sites (N-methyl/N-ethyl adjacent to an activating group) is 1. The Hall–Kier alpha value is -0.120. The number of rotatable bonds is 3. The number of hydrogen-bond donors (Lipinski definition) is 0. The Morgan fingerprint density at radius 1 is 1.17 bits per heavy atom. The average molecular weight is 171 g/mol. The molecule has 1 heterocycles. The molecular formula is C9H19N2O. The maximum Gasteiger partial charge on any atom is 0.146 e. The standard InChI is InChI=1S/C9H19N2O/c1-3-9(12)11-7-5-10(4-2)6-8-11/h9H,3-8H2,1-2H3. The topological polar surface area (TPSA) is 26.4 Å². The Balaban J connectivity index is 2.25. The summed E-state index contributed by atoms with van der Waals surface area (Å²) in [4.78, 5) is 4.44. The molecule has 0 aromatic carbocycles. The zero-order chi connectivity index (χ0) is 8.97. The molecule has 1 atom stereocenters. The van der Waals surface area contributed by atoms with Gasteiger partial charge >= 0.3 is 0 Å². The Labute approximate surface area is 75.0 Å². The predicted molar refractivity (Wildman–Crippen MR) is 48.5 cm³/mol. The van der Waals surface area contributed by atoms with E-state index in [1.165, 1.54) is 0 Å². The van der Waals surface area contributed by atoms with E-state index < -0.39 is 6.23 Å². The average Bonchev–Trinajstić information content (AvgIpc) is 2.17. The highest BCUT2D eigenvalue weighted by Gasteiger charge is 2.20. The fourth-order valence-corrected chi connectivity index (χ4v) is 1.63. The minimum atomic E-state index is -0.469. The third-order valence-corrected chi connectivity index (χ3v) is 2.61. The van der Waals surface area contributed by atoms with Crippen LogP contribution in [0.15, 0.2) is 0 Å². The maximum atomic E-state index is 11.4. The van der Waals surface area contributed by atoms with Crippen molar-refractivity contribution in [3.05, 3.63) is 0 Å². The van der Waals surface area contributed by atoms with Crippen LogP contribution in [0.25, 0.3) is 0 Å². The second kappa shape index (κ2) is 4.80. The van der Waals surface area contributed by atoms with Crippen molar-refractivity contribution in [2.24, 2.45) is 0 Å². The van der Waals surface area contributed by atoms with E-state index in [2.05, 4.69) is 11.8 Å². The van der Waals surface area contributed by atoms with Gasteiger partial charge in [-0.05, 0) is 13.0 Å². The molecule has 0 aliphatic carbocycles. The second-order valence-electron chi connectivity index (χ2n) is 3.33. The first-order valence-electron chi connectivity index (χ1n) is 4.90. The highest BCUT2D eigenvalue weighted by Crippen LogP contribution is 2.06. The van der Waals surface area contributed by atoms with Crippen molar-refractivity contribution in [2.45, 2.75) is 26.5 Å². The molecule has 1 aliphatic heterocycles. The minimum absolute atomic E-state index is 0.469. The van der Waals surface area contributed by atoms with Gasteiger partial charge in [0.05, 0.1) is 0 Å². The Kier molecular flexibility index (Phi) is 3.98. The zero-order valence-electron chi connectivity index (χ0n) is 8.12. The summed E-state index contributed by atoms with van der Waals surface area (Å²) in [6, 6.07) is 0. The summed E-state index contributed by atoms with van der Waals surface area (Å²) in [6.45, 7) is 9.29. The second-order valence-corrected chi connectivity index (χ2v) is 3.33. The Bertz CT molecular complexity index is 122. The SMILES string of the molecule is CCC([O])N1CCN(CC)CC1.